The molecule has 0 aromatic heterocycles. The van der Waals surface area contributed by atoms with Gasteiger partial charge in [0.05, 0.1) is 15.7 Å². The summed E-state index contributed by atoms with van der Waals surface area (Å²) in [5, 5.41) is 0.354. The summed E-state index contributed by atoms with van der Waals surface area (Å²) < 4.78 is 0.229. The minimum atomic E-state index is -2.53. The Bertz CT molecular complexity index is 1030. The monoisotopic (exact) mass is 473 g/mol. The third-order valence-corrected chi connectivity index (χ3v) is 6.18. The minimum Gasteiger partial charge on any atom is -0.366 e. The number of primary amides is 1. The number of urea groups is 1. The van der Waals surface area contributed by atoms with Crippen molar-refractivity contribution in [2.45, 2.75) is 24.8 Å². The lowest BCUT2D eigenvalue weighted by molar-refractivity contribution is -0.131. The summed E-state index contributed by atoms with van der Waals surface area (Å²) in [6.07, 6.45) is 0. The lowest BCUT2D eigenvalue weighted by Gasteiger charge is -2.31. The van der Waals surface area contributed by atoms with Crippen LogP contribution in [0.3, 0.4) is 0 Å². The molecule has 29 heavy (non-hydrogen) atoms. The van der Waals surface area contributed by atoms with Crippen LogP contribution in [0.25, 0.3) is 11.1 Å². The molecule has 6 nitrogen and oxygen atoms in total. The number of benzene rings is 2. The maximum absolute atomic E-state index is 12.8. The fourth-order valence-corrected chi connectivity index (χ4v) is 4.25. The van der Waals surface area contributed by atoms with E-state index in [1.165, 1.54) is 6.07 Å². The number of hydrogen-bond donors (Lipinski definition) is 1. The van der Waals surface area contributed by atoms with Gasteiger partial charge in [-0.25, -0.2) is 4.79 Å². The summed E-state index contributed by atoms with van der Waals surface area (Å²) in [6.45, 7) is 3.72. The van der Waals surface area contributed by atoms with Crippen molar-refractivity contribution in [2.75, 3.05) is 4.90 Å². The summed E-state index contributed by atoms with van der Waals surface area (Å²) in [5.41, 5.74) is 7.32. The Labute approximate surface area is 187 Å². The highest BCUT2D eigenvalue weighted by atomic mass is 35.5. The number of nitrogens with zero attached hydrogens (tertiary/aromatic N) is 2. The second-order valence-corrected chi connectivity index (χ2v) is 8.36. The van der Waals surface area contributed by atoms with Gasteiger partial charge in [0.1, 0.15) is 0 Å². The summed E-state index contributed by atoms with van der Waals surface area (Å²) in [4.78, 5) is 35.6. The molecule has 0 aliphatic carbocycles. The van der Waals surface area contributed by atoms with Crippen molar-refractivity contribution >= 4 is 70.1 Å². The van der Waals surface area contributed by atoms with E-state index >= 15 is 0 Å². The Morgan fingerprint density at radius 2 is 1.72 bits per heavy atom. The maximum Gasteiger partial charge on any atom is 0.348 e. The van der Waals surface area contributed by atoms with Crippen LogP contribution in [-0.2, 0) is 9.59 Å². The SMILES string of the molecule is CC(C)c1c(N2C(=O)N(Cl)C(=O)C2(Cl)C(N)=O)cc(Cl)c(Cl)c1-c1ccccc1. The van der Waals surface area contributed by atoms with Crippen molar-refractivity contribution in [1.82, 2.24) is 4.42 Å². The van der Waals surface area contributed by atoms with Crippen LogP contribution in [0, 0.1) is 0 Å². The van der Waals surface area contributed by atoms with Gasteiger partial charge in [0.25, 0.3) is 16.8 Å². The van der Waals surface area contributed by atoms with Crippen LogP contribution in [0.1, 0.15) is 25.3 Å². The molecule has 0 spiro atoms. The lowest BCUT2D eigenvalue weighted by atomic mass is 9.90. The van der Waals surface area contributed by atoms with Crippen LogP contribution in [-0.4, -0.2) is 27.3 Å². The molecule has 3 rings (SSSR count). The predicted molar refractivity (Wildman–Crippen MR) is 114 cm³/mol. The largest absolute Gasteiger partial charge is 0.366 e. The van der Waals surface area contributed by atoms with Gasteiger partial charge in [-0.05, 0) is 23.1 Å². The Hall–Kier alpha value is -1.99. The molecule has 152 valence electrons. The molecule has 0 bridgehead atoms. The quantitative estimate of drug-likeness (QED) is 0.219. The molecule has 1 heterocycles. The van der Waals surface area contributed by atoms with Crippen molar-refractivity contribution in [1.29, 1.82) is 0 Å². The fraction of sp³-hybridized carbons (Fsp3) is 0.211. The van der Waals surface area contributed by atoms with E-state index in [1.807, 2.05) is 44.2 Å². The highest BCUT2D eigenvalue weighted by molar-refractivity contribution is 6.56. The van der Waals surface area contributed by atoms with Crippen molar-refractivity contribution in [3.05, 3.63) is 52.0 Å². The van der Waals surface area contributed by atoms with Crippen LogP contribution in [0.5, 0.6) is 0 Å². The summed E-state index contributed by atoms with van der Waals surface area (Å²) in [7, 11) is 0. The van der Waals surface area contributed by atoms with Gasteiger partial charge in [0.2, 0.25) is 0 Å². The number of imide groups is 1. The molecule has 0 radical (unpaired) electrons. The number of carbonyl (C=O) groups is 3. The van der Waals surface area contributed by atoms with Gasteiger partial charge in [0, 0.05) is 17.3 Å². The number of hydrogen-bond acceptors (Lipinski definition) is 3. The number of amides is 4. The van der Waals surface area contributed by atoms with E-state index in [-0.39, 0.29) is 26.1 Å². The number of alkyl halides is 1. The number of carbonyl (C=O) groups excluding carboxylic acids is 3. The summed E-state index contributed by atoms with van der Waals surface area (Å²) >= 11 is 25.0. The van der Waals surface area contributed by atoms with Crippen molar-refractivity contribution in [3.63, 3.8) is 0 Å². The molecule has 1 unspecified atom stereocenters. The Morgan fingerprint density at radius 1 is 1.14 bits per heavy atom. The predicted octanol–water partition coefficient (Wildman–Crippen LogP) is 5.13. The van der Waals surface area contributed by atoms with Crippen molar-refractivity contribution < 1.29 is 14.4 Å². The standard InChI is InChI=1S/C19H15Cl4N3O3/c1-9(2)13-12(25-18(29)26(23)17(28)19(25,22)16(24)27)8-11(20)15(21)14(13)10-6-4-3-5-7-10/h3-9H,1-2H3,(H2,24,27). The summed E-state index contributed by atoms with van der Waals surface area (Å²) in [5.74, 6) is -2.63. The second-order valence-electron chi connectivity index (χ2n) is 6.69. The zero-order valence-electron chi connectivity index (χ0n) is 15.2. The smallest absolute Gasteiger partial charge is 0.348 e. The molecule has 4 amide bonds. The van der Waals surface area contributed by atoms with Crippen LogP contribution in [0.4, 0.5) is 10.5 Å². The van der Waals surface area contributed by atoms with Gasteiger partial charge in [-0.15, -0.1) is 0 Å². The maximum atomic E-state index is 12.8. The number of rotatable bonds is 4. The molecule has 2 N–H and O–H groups in total. The van der Waals surface area contributed by atoms with Gasteiger partial charge in [-0.3, -0.25) is 14.5 Å². The normalized spacial score (nSPS) is 19.4. The zero-order valence-corrected chi connectivity index (χ0v) is 18.3. The van der Waals surface area contributed by atoms with E-state index < -0.39 is 22.8 Å². The van der Waals surface area contributed by atoms with Crippen molar-refractivity contribution in [3.8, 4) is 11.1 Å². The molecule has 2 aromatic carbocycles. The number of halogens is 4. The van der Waals surface area contributed by atoms with Gasteiger partial charge in [-0.2, -0.15) is 4.42 Å². The average molecular weight is 475 g/mol. The molecule has 1 fully saturated rings. The third-order valence-electron chi connectivity index (χ3n) is 4.57. The van der Waals surface area contributed by atoms with Gasteiger partial charge < -0.3 is 5.73 Å². The molecule has 2 aromatic rings. The third kappa shape index (κ3) is 3.24. The molecular weight excluding hydrogens is 460 g/mol. The second kappa shape index (κ2) is 7.69. The van der Waals surface area contributed by atoms with Crippen LogP contribution >= 0.6 is 46.6 Å². The van der Waals surface area contributed by atoms with Crippen LogP contribution in [0.15, 0.2) is 36.4 Å². The number of anilines is 1. The first-order valence-electron chi connectivity index (χ1n) is 8.44. The first kappa shape index (κ1) is 21.7. The van der Waals surface area contributed by atoms with Crippen molar-refractivity contribution in [2.24, 2.45) is 5.73 Å². The Morgan fingerprint density at radius 3 is 2.24 bits per heavy atom. The molecular formula is C19H15Cl4N3O3. The first-order valence-corrected chi connectivity index (χ1v) is 9.91. The summed E-state index contributed by atoms with van der Waals surface area (Å²) in [6, 6.07) is 9.45. The van der Waals surface area contributed by atoms with E-state index in [0.29, 0.717) is 11.1 Å². The van der Waals surface area contributed by atoms with E-state index in [2.05, 4.69) is 0 Å². The zero-order chi connectivity index (χ0) is 21.7. The molecule has 1 aliphatic rings. The van der Waals surface area contributed by atoms with E-state index in [9.17, 15) is 14.4 Å². The highest BCUT2D eigenvalue weighted by Crippen LogP contribution is 2.48. The van der Waals surface area contributed by atoms with Gasteiger partial charge in [-0.1, -0.05) is 79.0 Å². The lowest BCUT2D eigenvalue weighted by Crippen LogP contribution is -2.55. The Balaban J connectivity index is 2.42. The molecule has 0 saturated carbocycles. The fourth-order valence-electron chi connectivity index (χ4n) is 3.30. The molecule has 1 atom stereocenters. The highest BCUT2D eigenvalue weighted by Gasteiger charge is 2.62. The Kier molecular flexibility index (Phi) is 5.75. The average Bonchev–Trinajstić information content (AvgIpc) is 2.85. The van der Waals surface area contributed by atoms with Gasteiger partial charge in [0.15, 0.2) is 0 Å². The van der Waals surface area contributed by atoms with E-state index in [1.54, 1.807) is 0 Å². The first-order chi connectivity index (χ1) is 13.5. The van der Waals surface area contributed by atoms with Crippen LogP contribution < -0.4 is 10.6 Å². The van der Waals surface area contributed by atoms with E-state index in [4.69, 9.17) is 52.3 Å². The molecule has 1 aliphatic heterocycles. The molecule has 10 heteroatoms. The van der Waals surface area contributed by atoms with Crippen LogP contribution in [0.2, 0.25) is 10.0 Å². The van der Waals surface area contributed by atoms with E-state index in [0.717, 1.165) is 10.5 Å². The number of nitrogens with two attached hydrogens (primary N) is 1. The minimum absolute atomic E-state index is 0.0988. The topological polar surface area (TPSA) is 83.7 Å². The van der Waals surface area contributed by atoms with Gasteiger partial charge >= 0.3 is 6.03 Å². The molecule has 1 saturated heterocycles.